The standard InChI is InChI=1S/C30H44N2O3Si/c1-9-25(36(7,8)26-20-16-13-17-21-26)23-32(29(34)35-30(4,5)6)27(28(33)31(10-2)11-3)22-24-18-14-12-15-19-24/h9,12-21,27H,10-11,22-23H2,1-8H3/b25-9-. The Morgan fingerprint density at radius 2 is 1.47 bits per heavy atom. The summed E-state index contributed by atoms with van der Waals surface area (Å²) in [6.45, 7) is 17.7. The molecule has 0 heterocycles. The van der Waals surface area contributed by atoms with Crippen molar-refractivity contribution in [1.29, 1.82) is 0 Å². The summed E-state index contributed by atoms with van der Waals surface area (Å²) < 4.78 is 5.88. The molecule has 2 amide bonds. The van der Waals surface area contributed by atoms with Crippen LogP contribution in [0.1, 0.15) is 47.1 Å². The van der Waals surface area contributed by atoms with Crippen LogP contribution in [0.4, 0.5) is 4.79 Å². The van der Waals surface area contributed by atoms with Crippen LogP contribution in [0.5, 0.6) is 0 Å². The summed E-state index contributed by atoms with van der Waals surface area (Å²) in [5, 5.41) is 2.47. The number of hydrogen-bond donors (Lipinski definition) is 0. The van der Waals surface area contributed by atoms with E-state index in [9.17, 15) is 9.59 Å². The van der Waals surface area contributed by atoms with Crippen LogP contribution in [0, 0.1) is 0 Å². The van der Waals surface area contributed by atoms with Gasteiger partial charge in [0.05, 0.1) is 0 Å². The second kappa shape index (κ2) is 12.9. The SMILES string of the molecule is C/C=C(/CN(C(=O)OC(C)(C)C)C(Cc1ccccc1)C(=O)N(CC)CC)[Si](C)(C)c1ccccc1. The molecular weight excluding hydrogens is 464 g/mol. The second-order valence-electron chi connectivity index (χ2n) is 10.6. The summed E-state index contributed by atoms with van der Waals surface area (Å²) in [6.07, 6.45) is 2.10. The molecule has 0 N–H and O–H groups in total. The van der Waals surface area contributed by atoms with Gasteiger partial charge in [0.25, 0.3) is 0 Å². The van der Waals surface area contributed by atoms with Crippen LogP contribution >= 0.6 is 0 Å². The Morgan fingerprint density at radius 3 is 1.94 bits per heavy atom. The Morgan fingerprint density at radius 1 is 0.944 bits per heavy atom. The molecule has 0 aliphatic heterocycles. The van der Waals surface area contributed by atoms with E-state index < -0.39 is 25.8 Å². The number of allylic oxidation sites excluding steroid dienone is 1. The normalized spacial score (nSPS) is 13.2. The van der Waals surface area contributed by atoms with Crippen LogP contribution < -0.4 is 5.19 Å². The molecule has 2 rings (SSSR count). The highest BCUT2D eigenvalue weighted by atomic mass is 28.3. The summed E-state index contributed by atoms with van der Waals surface area (Å²) in [5.74, 6) is -0.0515. The molecule has 1 atom stereocenters. The minimum absolute atomic E-state index is 0.0515. The summed E-state index contributed by atoms with van der Waals surface area (Å²) >= 11 is 0. The fraction of sp³-hybridized carbons (Fsp3) is 0.467. The van der Waals surface area contributed by atoms with E-state index in [1.54, 1.807) is 9.80 Å². The molecule has 0 aliphatic rings. The monoisotopic (exact) mass is 508 g/mol. The van der Waals surface area contributed by atoms with E-state index in [-0.39, 0.29) is 5.91 Å². The van der Waals surface area contributed by atoms with E-state index in [4.69, 9.17) is 4.74 Å². The number of carbonyl (C=O) groups is 2. The number of ether oxygens (including phenoxy) is 1. The summed E-state index contributed by atoms with van der Waals surface area (Å²) in [5.41, 5.74) is 0.339. The molecule has 0 saturated heterocycles. The molecule has 2 aromatic rings. The van der Waals surface area contributed by atoms with Crippen molar-refractivity contribution in [3.8, 4) is 0 Å². The first-order chi connectivity index (χ1) is 16.9. The smallest absolute Gasteiger partial charge is 0.411 e. The van der Waals surface area contributed by atoms with Gasteiger partial charge in [0.15, 0.2) is 0 Å². The zero-order valence-corrected chi connectivity index (χ0v) is 24.4. The first kappa shape index (κ1) is 29.4. The van der Waals surface area contributed by atoms with Crippen LogP contribution in [-0.4, -0.2) is 61.2 Å². The van der Waals surface area contributed by atoms with Gasteiger partial charge in [-0.15, -0.1) is 0 Å². The number of hydrogen-bond acceptors (Lipinski definition) is 3. The largest absolute Gasteiger partial charge is 0.444 e. The summed E-state index contributed by atoms with van der Waals surface area (Å²) in [7, 11) is -2.11. The molecule has 5 nitrogen and oxygen atoms in total. The Bertz CT molecular complexity index is 1010. The molecule has 1 unspecified atom stereocenters. The Balaban J connectivity index is 2.58. The van der Waals surface area contributed by atoms with Crippen LogP contribution in [0.2, 0.25) is 13.1 Å². The molecule has 196 valence electrons. The van der Waals surface area contributed by atoms with E-state index >= 15 is 0 Å². The van der Waals surface area contributed by atoms with Crippen LogP contribution in [-0.2, 0) is 16.0 Å². The van der Waals surface area contributed by atoms with Crippen molar-refractivity contribution in [3.63, 3.8) is 0 Å². The maximum Gasteiger partial charge on any atom is 0.411 e. The quantitative estimate of drug-likeness (QED) is 0.381. The van der Waals surface area contributed by atoms with Gasteiger partial charge in [0, 0.05) is 26.1 Å². The zero-order valence-electron chi connectivity index (χ0n) is 23.4. The second-order valence-corrected chi connectivity index (χ2v) is 15.1. The fourth-order valence-electron chi connectivity index (χ4n) is 4.41. The topological polar surface area (TPSA) is 49.9 Å². The van der Waals surface area contributed by atoms with Crippen molar-refractivity contribution < 1.29 is 14.3 Å². The molecule has 0 saturated carbocycles. The molecule has 0 radical (unpaired) electrons. The van der Waals surface area contributed by atoms with Crippen LogP contribution in [0.3, 0.4) is 0 Å². The number of benzene rings is 2. The van der Waals surface area contributed by atoms with Gasteiger partial charge in [-0.2, -0.15) is 0 Å². The van der Waals surface area contributed by atoms with E-state index in [2.05, 4.69) is 43.4 Å². The number of rotatable bonds is 10. The third-order valence-electron chi connectivity index (χ3n) is 6.62. The van der Waals surface area contributed by atoms with Gasteiger partial charge in [0.1, 0.15) is 19.7 Å². The molecule has 0 aliphatic carbocycles. The third-order valence-corrected chi connectivity index (χ3v) is 10.5. The van der Waals surface area contributed by atoms with Crippen molar-refractivity contribution in [1.82, 2.24) is 9.80 Å². The summed E-state index contributed by atoms with van der Waals surface area (Å²) in [6, 6.07) is 19.7. The minimum atomic E-state index is -2.11. The Hall–Kier alpha value is -2.86. The van der Waals surface area contributed by atoms with Crippen molar-refractivity contribution in [3.05, 3.63) is 77.5 Å². The van der Waals surface area contributed by atoms with E-state index in [1.165, 1.54) is 10.4 Å². The van der Waals surface area contributed by atoms with Crippen LogP contribution in [0.25, 0.3) is 0 Å². The maximum atomic E-state index is 13.9. The first-order valence-corrected chi connectivity index (χ1v) is 16.0. The minimum Gasteiger partial charge on any atom is -0.444 e. The molecule has 0 aromatic heterocycles. The van der Waals surface area contributed by atoms with Gasteiger partial charge in [-0.3, -0.25) is 9.69 Å². The average molecular weight is 509 g/mol. The predicted octanol–water partition coefficient (Wildman–Crippen LogP) is 5.80. The van der Waals surface area contributed by atoms with Crippen molar-refractivity contribution >= 4 is 25.3 Å². The van der Waals surface area contributed by atoms with E-state index in [0.717, 1.165) is 5.56 Å². The number of likely N-dealkylation sites (N-methyl/N-ethyl adjacent to an activating group) is 1. The van der Waals surface area contributed by atoms with Crippen LogP contribution in [0.15, 0.2) is 71.9 Å². The predicted molar refractivity (Wildman–Crippen MR) is 152 cm³/mol. The molecule has 0 spiro atoms. The van der Waals surface area contributed by atoms with Gasteiger partial charge in [0.2, 0.25) is 5.91 Å². The number of carbonyl (C=O) groups excluding carboxylic acids is 2. The molecule has 36 heavy (non-hydrogen) atoms. The van der Waals surface area contributed by atoms with Crippen molar-refractivity contribution in [2.75, 3.05) is 19.6 Å². The lowest BCUT2D eigenvalue weighted by molar-refractivity contribution is -0.136. The Labute approximate surface area is 219 Å². The highest BCUT2D eigenvalue weighted by Crippen LogP contribution is 2.23. The molecule has 2 aromatic carbocycles. The third kappa shape index (κ3) is 7.82. The average Bonchev–Trinajstić information content (AvgIpc) is 2.84. The summed E-state index contributed by atoms with van der Waals surface area (Å²) in [4.78, 5) is 31.1. The van der Waals surface area contributed by atoms with Gasteiger partial charge in [-0.05, 0) is 47.1 Å². The lowest BCUT2D eigenvalue weighted by Crippen LogP contribution is -2.56. The first-order valence-electron chi connectivity index (χ1n) is 13.0. The van der Waals surface area contributed by atoms with Crippen molar-refractivity contribution in [2.45, 2.75) is 72.7 Å². The van der Waals surface area contributed by atoms with Gasteiger partial charge < -0.3 is 9.64 Å². The highest BCUT2D eigenvalue weighted by molar-refractivity contribution is 6.95. The van der Waals surface area contributed by atoms with E-state index in [1.807, 2.05) is 77.9 Å². The Kier molecular flexibility index (Phi) is 10.5. The zero-order chi connectivity index (χ0) is 26.9. The van der Waals surface area contributed by atoms with Gasteiger partial charge >= 0.3 is 6.09 Å². The van der Waals surface area contributed by atoms with Gasteiger partial charge in [-0.25, -0.2) is 4.79 Å². The van der Waals surface area contributed by atoms with E-state index in [0.29, 0.717) is 26.1 Å². The number of nitrogens with zero attached hydrogens (tertiary/aromatic N) is 2. The molecule has 6 heteroatoms. The molecule has 0 bridgehead atoms. The lowest BCUT2D eigenvalue weighted by atomic mass is 10.0. The highest BCUT2D eigenvalue weighted by Gasteiger charge is 2.38. The molecular formula is C30H44N2O3Si. The fourth-order valence-corrected chi connectivity index (χ4v) is 7.09. The number of amides is 2. The maximum absolute atomic E-state index is 13.9. The van der Waals surface area contributed by atoms with Crippen molar-refractivity contribution in [2.24, 2.45) is 0 Å². The van der Waals surface area contributed by atoms with Gasteiger partial charge in [-0.1, -0.05) is 90.2 Å². The molecule has 0 fully saturated rings. The lowest BCUT2D eigenvalue weighted by Gasteiger charge is -2.38.